The van der Waals surface area contributed by atoms with E-state index >= 15 is 0 Å². The van der Waals surface area contributed by atoms with Crippen LogP contribution in [0.4, 0.5) is 0 Å². The van der Waals surface area contributed by atoms with E-state index in [1.54, 1.807) is 0 Å². The lowest BCUT2D eigenvalue weighted by molar-refractivity contribution is 0.371. The van der Waals surface area contributed by atoms with Crippen molar-refractivity contribution in [3.8, 4) is 0 Å². The smallest absolute Gasteiger partial charge is 0.242 e. The van der Waals surface area contributed by atoms with E-state index in [9.17, 15) is 16.8 Å². The summed E-state index contributed by atoms with van der Waals surface area (Å²) in [7, 11) is -7.15. The highest BCUT2D eigenvalue weighted by Gasteiger charge is 2.25. The molecular formula is C12H19N3O4S2. The standard InChI is InChI=1S/C12H19N3O4S2/c1-20(16,17)12-6-5-11(8-14-12)21(18,19)15-10-4-2-3-9(13)7-10/h5-6,8-10,15H,2-4,7,13H2,1H3. The second-order valence-electron chi connectivity index (χ2n) is 5.35. The van der Waals surface area contributed by atoms with Crippen LogP contribution in [0, 0.1) is 0 Å². The molecule has 1 heterocycles. The Labute approximate surface area is 124 Å². The van der Waals surface area contributed by atoms with Gasteiger partial charge in [-0.15, -0.1) is 0 Å². The predicted molar refractivity (Wildman–Crippen MR) is 77.9 cm³/mol. The molecule has 21 heavy (non-hydrogen) atoms. The van der Waals surface area contributed by atoms with Gasteiger partial charge in [-0.3, -0.25) is 0 Å². The summed E-state index contributed by atoms with van der Waals surface area (Å²) in [6, 6.07) is 2.26. The number of hydrogen-bond donors (Lipinski definition) is 2. The highest BCUT2D eigenvalue weighted by atomic mass is 32.2. The van der Waals surface area contributed by atoms with E-state index < -0.39 is 19.9 Å². The minimum atomic E-state index is -3.71. The summed E-state index contributed by atoms with van der Waals surface area (Å²) >= 11 is 0. The monoisotopic (exact) mass is 333 g/mol. The van der Waals surface area contributed by atoms with Crippen molar-refractivity contribution in [2.45, 2.75) is 47.7 Å². The molecule has 0 amide bonds. The second kappa shape index (κ2) is 5.99. The first-order valence-corrected chi connectivity index (χ1v) is 10.00. The van der Waals surface area contributed by atoms with Gasteiger partial charge in [0.05, 0.1) is 0 Å². The summed E-state index contributed by atoms with van der Waals surface area (Å²) < 4.78 is 49.7. The highest BCUT2D eigenvalue weighted by Crippen LogP contribution is 2.19. The average Bonchev–Trinajstić information content (AvgIpc) is 2.37. The van der Waals surface area contributed by atoms with E-state index in [1.165, 1.54) is 12.1 Å². The van der Waals surface area contributed by atoms with E-state index in [0.717, 1.165) is 31.7 Å². The fourth-order valence-corrected chi connectivity index (χ4v) is 4.15. The van der Waals surface area contributed by atoms with Gasteiger partial charge >= 0.3 is 0 Å². The van der Waals surface area contributed by atoms with Gasteiger partial charge in [0.2, 0.25) is 10.0 Å². The summed E-state index contributed by atoms with van der Waals surface area (Å²) in [5, 5.41) is -0.152. The molecule has 1 saturated carbocycles. The Kier molecular flexibility index (Phi) is 4.66. The average molecular weight is 333 g/mol. The Bertz CT molecular complexity index is 699. The Morgan fingerprint density at radius 2 is 1.95 bits per heavy atom. The van der Waals surface area contributed by atoms with Gasteiger partial charge in [0.1, 0.15) is 4.90 Å². The minimum Gasteiger partial charge on any atom is -0.328 e. The maximum absolute atomic E-state index is 12.2. The lowest BCUT2D eigenvalue weighted by Gasteiger charge is -2.27. The van der Waals surface area contributed by atoms with Crippen molar-refractivity contribution < 1.29 is 16.8 Å². The van der Waals surface area contributed by atoms with Crippen LogP contribution in [-0.2, 0) is 19.9 Å². The van der Waals surface area contributed by atoms with Crippen molar-refractivity contribution in [3.05, 3.63) is 18.3 Å². The molecule has 7 nitrogen and oxygen atoms in total. The van der Waals surface area contributed by atoms with Crippen molar-refractivity contribution in [2.75, 3.05) is 6.26 Å². The number of sulfone groups is 1. The molecule has 3 N–H and O–H groups in total. The van der Waals surface area contributed by atoms with Crippen LogP contribution in [0.3, 0.4) is 0 Å². The number of rotatable bonds is 4. The van der Waals surface area contributed by atoms with Crippen LogP contribution in [0.2, 0.25) is 0 Å². The molecule has 1 aromatic rings. The molecule has 0 aliphatic heterocycles. The summed E-state index contributed by atoms with van der Waals surface area (Å²) in [4.78, 5) is 3.65. The largest absolute Gasteiger partial charge is 0.328 e. The Morgan fingerprint density at radius 3 is 2.48 bits per heavy atom. The van der Waals surface area contributed by atoms with Crippen LogP contribution in [0.25, 0.3) is 0 Å². The van der Waals surface area contributed by atoms with E-state index in [-0.39, 0.29) is 22.0 Å². The summed E-state index contributed by atoms with van der Waals surface area (Å²) in [5.74, 6) is 0. The summed E-state index contributed by atoms with van der Waals surface area (Å²) in [6.45, 7) is 0. The third-order valence-corrected chi connectivity index (χ3v) is 5.94. The van der Waals surface area contributed by atoms with Crippen LogP contribution in [-0.4, -0.2) is 40.2 Å². The molecule has 2 rings (SSSR count). The molecule has 0 saturated heterocycles. The number of nitrogens with two attached hydrogens (primary N) is 1. The first-order valence-electron chi connectivity index (χ1n) is 6.62. The number of hydrogen-bond acceptors (Lipinski definition) is 6. The van der Waals surface area contributed by atoms with Gasteiger partial charge in [0.25, 0.3) is 0 Å². The first-order chi connectivity index (χ1) is 9.68. The number of aromatic nitrogens is 1. The molecule has 1 aliphatic rings. The van der Waals surface area contributed by atoms with Gasteiger partial charge in [0, 0.05) is 24.5 Å². The molecule has 1 aliphatic carbocycles. The van der Waals surface area contributed by atoms with Crippen molar-refractivity contribution in [3.63, 3.8) is 0 Å². The Hall–Kier alpha value is -1.03. The summed E-state index contributed by atoms with van der Waals surface area (Å²) in [6.07, 6.45) is 5.23. The van der Waals surface area contributed by atoms with E-state index in [4.69, 9.17) is 5.73 Å². The SMILES string of the molecule is CS(=O)(=O)c1ccc(S(=O)(=O)NC2CCCC(N)C2)cn1. The van der Waals surface area contributed by atoms with Gasteiger partial charge in [0.15, 0.2) is 14.9 Å². The van der Waals surface area contributed by atoms with Crippen LogP contribution >= 0.6 is 0 Å². The van der Waals surface area contributed by atoms with Gasteiger partial charge < -0.3 is 5.73 Å². The molecule has 1 aromatic heterocycles. The van der Waals surface area contributed by atoms with E-state index in [2.05, 4.69) is 9.71 Å². The number of pyridine rings is 1. The molecule has 0 spiro atoms. The lowest BCUT2D eigenvalue weighted by atomic mass is 9.92. The van der Waals surface area contributed by atoms with Crippen molar-refractivity contribution in [1.29, 1.82) is 0 Å². The molecule has 9 heteroatoms. The molecule has 0 bridgehead atoms. The maximum Gasteiger partial charge on any atom is 0.242 e. The maximum atomic E-state index is 12.2. The minimum absolute atomic E-state index is 0.0113. The number of sulfonamides is 1. The second-order valence-corrected chi connectivity index (χ2v) is 9.03. The van der Waals surface area contributed by atoms with Gasteiger partial charge in [-0.2, -0.15) is 0 Å². The quantitative estimate of drug-likeness (QED) is 0.802. The van der Waals surface area contributed by atoms with Crippen molar-refractivity contribution in [2.24, 2.45) is 5.73 Å². The van der Waals surface area contributed by atoms with Gasteiger partial charge in [-0.05, 0) is 31.4 Å². The molecule has 1 fully saturated rings. The topological polar surface area (TPSA) is 119 Å². The summed E-state index contributed by atoms with van der Waals surface area (Å²) in [5.41, 5.74) is 5.84. The van der Waals surface area contributed by atoms with Crippen molar-refractivity contribution >= 4 is 19.9 Å². The molecular weight excluding hydrogens is 314 g/mol. The number of nitrogens with zero attached hydrogens (tertiary/aromatic N) is 1. The molecule has 118 valence electrons. The van der Waals surface area contributed by atoms with Gasteiger partial charge in [-0.1, -0.05) is 6.42 Å². The van der Waals surface area contributed by atoms with Crippen LogP contribution in [0.5, 0.6) is 0 Å². The van der Waals surface area contributed by atoms with E-state index in [1.807, 2.05) is 0 Å². The first kappa shape index (κ1) is 16.3. The van der Waals surface area contributed by atoms with Crippen LogP contribution in [0.15, 0.2) is 28.3 Å². The molecule has 2 atom stereocenters. The zero-order chi connectivity index (χ0) is 15.7. The van der Waals surface area contributed by atoms with Gasteiger partial charge in [-0.25, -0.2) is 26.5 Å². The Morgan fingerprint density at radius 1 is 1.24 bits per heavy atom. The normalized spacial score (nSPS) is 23.9. The predicted octanol–water partition coefficient (Wildman–Crippen LogP) is 0.0333. The third kappa shape index (κ3) is 4.22. The zero-order valence-corrected chi connectivity index (χ0v) is 13.3. The van der Waals surface area contributed by atoms with E-state index in [0.29, 0.717) is 6.42 Å². The van der Waals surface area contributed by atoms with Crippen molar-refractivity contribution in [1.82, 2.24) is 9.71 Å². The fourth-order valence-electron chi connectivity index (χ4n) is 2.37. The molecule has 0 aromatic carbocycles. The molecule has 0 radical (unpaired) electrons. The number of nitrogens with one attached hydrogen (secondary N) is 1. The van der Waals surface area contributed by atoms with Crippen LogP contribution < -0.4 is 10.5 Å². The fraction of sp³-hybridized carbons (Fsp3) is 0.583. The zero-order valence-electron chi connectivity index (χ0n) is 11.7. The lowest BCUT2D eigenvalue weighted by Crippen LogP contribution is -2.42. The molecule has 2 unspecified atom stereocenters. The highest BCUT2D eigenvalue weighted by molar-refractivity contribution is 7.90. The van der Waals surface area contributed by atoms with Crippen LogP contribution in [0.1, 0.15) is 25.7 Å². The Balaban J connectivity index is 2.16. The third-order valence-electron chi connectivity index (χ3n) is 3.44.